The van der Waals surface area contributed by atoms with Crippen molar-refractivity contribution in [3.8, 4) is 0 Å². The van der Waals surface area contributed by atoms with E-state index < -0.39 is 0 Å². The Bertz CT molecular complexity index is 872. The average molecular weight is 394 g/mol. The van der Waals surface area contributed by atoms with Crippen molar-refractivity contribution in [1.82, 2.24) is 4.57 Å². The molecule has 2 aromatic carbocycles. The van der Waals surface area contributed by atoms with Crippen LogP contribution in [-0.4, -0.2) is 55.5 Å². The van der Waals surface area contributed by atoms with E-state index in [1.54, 1.807) is 4.90 Å². The summed E-state index contributed by atoms with van der Waals surface area (Å²) in [6.07, 6.45) is -0.381. The molecule has 0 saturated carbocycles. The smallest absolute Gasteiger partial charge is 0.127 e. The number of hydrogen-bond donors (Lipinski definition) is 3. The number of likely N-dealkylation sites (N-methyl/N-ethyl adjacent to an activating group) is 1. The topological polar surface area (TPSA) is 34.0 Å². The highest BCUT2D eigenvalue weighted by Gasteiger charge is 2.23. The number of halogens is 2. The number of aliphatic hydroxyl groups is 1. The Balaban J connectivity index is 1.64. The normalized spacial score (nSPS) is 22.2. The van der Waals surface area contributed by atoms with E-state index in [1.165, 1.54) is 18.0 Å². The standard InChI is InChI=1S/C20H23Cl2N3O/c1-23-6-8-24(9-7-23)12-16(26)13-25-19-4-2-14(21)10-17(19)18-11-15(22)3-5-20(18)25/h2-5,10-11,16,26H,6-9,12-13H2,1H3/p+2/t16-/m1/s1. The van der Waals surface area contributed by atoms with Crippen LogP contribution >= 0.6 is 23.2 Å². The second-order valence-corrected chi connectivity index (χ2v) is 8.37. The van der Waals surface area contributed by atoms with Crippen LogP contribution in [0.3, 0.4) is 0 Å². The van der Waals surface area contributed by atoms with Crippen LogP contribution in [0.25, 0.3) is 21.8 Å². The van der Waals surface area contributed by atoms with Crippen molar-refractivity contribution in [2.45, 2.75) is 12.6 Å². The fraction of sp³-hybridized carbons (Fsp3) is 0.400. The third-order valence-electron chi connectivity index (χ3n) is 5.52. The molecule has 138 valence electrons. The second-order valence-electron chi connectivity index (χ2n) is 7.50. The molecule has 1 atom stereocenters. The van der Waals surface area contributed by atoms with E-state index in [9.17, 15) is 5.11 Å². The molecular formula is C20H25Cl2N3O+2. The Labute approximate surface area is 163 Å². The van der Waals surface area contributed by atoms with E-state index in [1.807, 2.05) is 36.4 Å². The summed E-state index contributed by atoms with van der Waals surface area (Å²) in [6.45, 7) is 5.97. The molecule has 1 aliphatic rings. The molecule has 1 fully saturated rings. The van der Waals surface area contributed by atoms with Crippen molar-refractivity contribution in [3.63, 3.8) is 0 Å². The van der Waals surface area contributed by atoms with Crippen LogP contribution in [0.15, 0.2) is 36.4 Å². The lowest BCUT2D eigenvalue weighted by Crippen LogP contribution is -3.27. The summed E-state index contributed by atoms with van der Waals surface area (Å²) in [4.78, 5) is 3.08. The number of nitrogens with one attached hydrogen (secondary N) is 2. The maximum atomic E-state index is 10.8. The van der Waals surface area contributed by atoms with E-state index in [-0.39, 0.29) is 6.10 Å². The zero-order chi connectivity index (χ0) is 18.3. The molecule has 4 nitrogen and oxygen atoms in total. The lowest BCUT2D eigenvalue weighted by atomic mass is 10.1. The number of aromatic nitrogens is 1. The van der Waals surface area contributed by atoms with Crippen LogP contribution in [-0.2, 0) is 6.54 Å². The van der Waals surface area contributed by atoms with Gasteiger partial charge >= 0.3 is 0 Å². The molecule has 0 amide bonds. The number of fused-ring (bicyclic) bond motifs is 3. The number of piperazine rings is 1. The van der Waals surface area contributed by atoms with Crippen LogP contribution in [0.5, 0.6) is 0 Å². The molecule has 1 saturated heterocycles. The van der Waals surface area contributed by atoms with Gasteiger partial charge in [-0.05, 0) is 36.4 Å². The van der Waals surface area contributed by atoms with Crippen molar-refractivity contribution >= 4 is 45.0 Å². The fourth-order valence-electron chi connectivity index (χ4n) is 4.09. The summed E-state index contributed by atoms with van der Waals surface area (Å²) in [5.74, 6) is 0. The molecule has 0 aliphatic carbocycles. The van der Waals surface area contributed by atoms with E-state index >= 15 is 0 Å². The van der Waals surface area contributed by atoms with Crippen molar-refractivity contribution in [1.29, 1.82) is 0 Å². The lowest BCUT2D eigenvalue weighted by molar-refractivity contribution is -1.00. The first-order valence-electron chi connectivity index (χ1n) is 9.21. The Morgan fingerprint density at radius 2 is 1.50 bits per heavy atom. The maximum absolute atomic E-state index is 10.8. The molecule has 1 aliphatic heterocycles. The summed E-state index contributed by atoms with van der Waals surface area (Å²) in [7, 11) is 2.24. The van der Waals surface area contributed by atoms with Gasteiger partial charge in [0.15, 0.2) is 0 Å². The van der Waals surface area contributed by atoms with Gasteiger partial charge in [-0.2, -0.15) is 0 Å². The number of nitrogens with zero attached hydrogens (tertiary/aromatic N) is 1. The van der Waals surface area contributed by atoms with Crippen LogP contribution in [0.4, 0.5) is 0 Å². The molecule has 3 aromatic rings. The molecular weight excluding hydrogens is 369 g/mol. The number of benzene rings is 2. The van der Waals surface area contributed by atoms with Crippen molar-refractivity contribution < 1.29 is 14.9 Å². The SMILES string of the molecule is C[NH+]1CC[NH+](C[C@@H](O)Cn2c3ccc(Cl)cc3c3cc(Cl)ccc32)CC1. The number of rotatable bonds is 4. The summed E-state index contributed by atoms with van der Waals surface area (Å²) >= 11 is 12.4. The number of aliphatic hydroxyl groups excluding tert-OH is 1. The number of quaternary nitrogens is 2. The Hall–Kier alpha value is -1.30. The molecule has 3 N–H and O–H groups in total. The van der Waals surface area contributed by atoms with E-state index in [2.05, 4.69) is 11.6 Å². The minimum absolute atomic E-state index is 0.381. The molecule has 0 spiro atoms. The van der Waals surface area contributed by atoms with Gasteiger partial charge in [0, 0.05) is 31.9 Å². The van der Waals surface area contributed by atoms with Gasteiger partial charge in [-0.3, -0.25) is 0 Å². The highest BCUT2D eigenvalue weighted by Crippen LogP contribution is 2.32. The highest BCUT2D eigenvalue weighted by molar-refractivity contribution is 6.33. The fourth-order valence-corrected chi connectivity index (χ4v) is 4.43. The van der Waals surface area contributed by atoms with Gasteiger partial charge in [-0.1, -0.05) is 23.2 Å². The van der Waals surface area contributed by atoms with E-state index in [4.69, 9.17) is 23.2 Å². The molecule has 4 rings (SSSR count). The first-order valence-corrected chi connectivity index (χ1v) is 9.97. The molecule has 26 heavy (non-hydrogen) atoms. The van der Waals surface area contributed by atoms with Crippen LogP contribution in [0.1, 0.15) is 0 Å². The Morgan fingerprint density at radius 1 is 0.962 bits per heavy atom. The minimum atomic E-state index is -0.381. The molecule has 2 heterocycles. The van der Waals surface area contributed by atoms with Gasteiger partial charge in [0.2, 0.25) is 0 Å². The monoisotopic (exact) mass is 393 g/mol. The van der Waals surface area contributed by atoms with E-state index in [0.717, 1.165) is 41.4 Å². The third-order valence-corrected chi connectivity index (χ3v) is 5.99. The summed E-state index contributed by atoms with van der Waals surface area (Å²) < 4.78 is 2.20. The van der Waals surface area contributed by atoms with Crippen LogP contribution < -0.4 is 9.80 Å². The van der Waals surface area contributed by atoms with Crippen LogP contribution in [0.2, 0.25) is 10.0 Å². The Morgan fingerprint density at radius 3 is 2.04 bits per heavy atom. The highest BCUT2D eigenvalue weighted by atomic mass is 35.5. The molecule has 0 unspecified atom stereocenters. The summed E-state index contributed by atoms with van der Waals surface area (Å²) in [6, 6.07) is 11.8. The zero-order valence-electron chi connectivity index (χ0n) is 14.9. The largest absolute Gasteiger partial charge is 0.385 e. The maximum Gasteiger partial charge on any atom is 0.127 e. The predicted molar refractivity (Wildman–Crippen MR) is 108 cm³/mol. The van der Waals surface area contributed by atoms with Crippen molar-refractivity contribution in [2.24, 2.45) is 0 Å². The van der Waals surface area contributed by atoms with Gasteiger partial charge in [0.05, 0.1) is 13.6 Å². The quantitative estimate of drug-likeness (QED) is 0.604. The first kappa shape index (κ1) is 18.1. The van der Waals surface area contributed by atoms with Crippen molar-refractivity contribution in [2.75, 3.05) is 39.8 Å². The van der Waals surface area contributed by atoms with Gasteiger partial charge in [0.25, 0.3) is 0 Å². The predicted octanol–water partition coefficient (Wildman–Crippen LogP) is 0.875. The molecule has 0 radical (unpaired) electrons. The van der Waals surface area contributed by atoms with Crippen molar-refractivity contribution in [3.05, 3.63) is 46.4 Å². The second kappa shape index (κ2) is 7.37. The molecule has 6 heteroatoms. The van der Waals surface area contributed by atoms with Gasteiger partial charge in [-0.15, -0.1) is 0 Å². The lowest BCUT2D eigenvalue weighted by Gasteiger charge is -2.28. The molecule has 1 aromatic heterocycles. The Kier molecular flexibility index (Phi) is 5.13. The molecule has 0 bridgehead atoms. The third kappa shape index (κ3) is 3.57. The minimum Gasteiger partial charge on any atom is -0.385 e. The zero-order valence-corrected chi connectivity index (χ0v) is 16.4. The van der Waals surface area contributed by atoms with Gasteiger partial charge in [0.1, 0.15) is 38.8 Å². The van der Waals surface area contributed by atoms with Gasteiger partial charge < -0.3 is 19.5 Å². The summed E-state index contributed by atoms with van der Waals surface area (Å²) in [5.41, 5.74) is 2.17. The average Bonchev–Trinajstić information content (AvgIpc) is 2.89. The number of hydrogen-bond acceptors (Lipinski definition) is 1. The first-order chi connectivity index (χ1) is 12.5. The summed E-state index contributed by atoms with van der Waals surface area (Å²) in [5, 5.41) is 14.3. The van der Waals surface area contributed by atoms with Gasteiger partial charge in [-0.25, -0.2) is 0 Å². The van der Waals surface area contributed by atoms with Crippen LogP contribution in [0, 0.1) is 0 Å². The van der Waals surface area contributed by atoms with E-state index in [0.29, 0.717) is 16.6 Å².